The first kappa shape index (κ1) is 13.4. The lowest BCUT2D eigenvalue weighted by Crippen LogP contribution is -2.14. The van der Waals surface area contributed by atoms with Gasteiger partial charge in [-0.1, -0.05) is 11.6 Å². The van der Waals surface area contributed by atoms with Gasteiger partial charge in [0.25, 0.3) is 10.0 Å². The highest BCUT2D eigenvalue weighted by Crippen LogP contribution is 2.21. The fourth-order valence-electron chi connectivity index (χ4n) is 1.39. The standard InChI is InChI=1S/C11H9ClN4O2S/c1-16-7-14-11(10(16)12)19(17,18)15-9-4-2-8(6-13)3-5-9/h2-5,7,15H,1H3. The minimum atomic E-state index is -3.84. The molecule has 0 aliphatic heterocycles. The normalized spacial score (nSPS) is 11.0. The van der Waals surface area contributed by atoms with Crippen LogP contribution in [0.2, 0.25) is 5.15 Å². The Morgan fingerprint density at radius 3 is 2.47 bits per heavy atom. The summed E-state index contributed by atoms with van der Waals surface area (Å²) >= 11 is 5.85. The molecule has 0 amide bonds. The van der Waals surface area contributed by atoms with E-state index in [-0.39, 0.29) is 10.2 Å². The lowest BCUT2D eigenvalue weighted by atomic mass is 10.2. The molecule has 98 valence electrons. The largest absolute Gasteiger partial charge is 0.324 e. The van der Waals surface area contributed by atoms with E-state index < -0.39 is 10.0 Å². The van der Waals surface area contributed by atoms with Crippen molar-refractivity contribution in [1.82, 2.24) is 9.55 Å². The molecule has 0 fully saturated rings. The number of nitriles is 1. The second-order valence-electron chi connectivity index (χ2n) is 3.75. The third kappa shape index (κ3) is 2.70. The molecule has 0 atom stereocenters. The van der Waals surface area contributed by atoms with Gasteiger partial charge in [0.15, 0.2) is 0 Å². The van der Waals surface area contributed by atoms with Crippen LogP contribution in [-0.2, 0) is 17.1 Å². The number of hydrogen-bond acceptors (Lipinski definition) is 4. The van der Waals surface area contributed by atoms with Crippen LogP contribution in [0.15, 0.2) is 35.6 Å². The molecule has 2 rings (SSSR count). The number of hydrogen-bond donors (Lipinski definition) is 1. The molecule has 0 unspecified atom stereocenters. The van der Waals surface area contributed by atoms with E-state index in [0.29, 0.717) is 11.3 Å². The van der Waals surface area contributed by atoms with Gasteiger partial charge >= 0.3 is 0 Å². The summed E-state index contributed by atoms with van der Waals surface area (Å²) in [6.07, 6.45) is 1.32. The maximum Gasteiger partial charge on any atom is 0.282 e. The number of aromatic nitrogens is 2. The Morgan fingerprint density at radius 1 is 1.37 bits per heavy atom. The summed E-state index contributed by atoms with van der Waals surface area (Å²) < 4.78 is 27.8. The number of aryl methyl sites for hydroxylation is 1. The topological polar surface area (TPSA) is 87.8 Å². The van der Waals surface area contributed by atoms with Crippen molar-refractivity contribution in [3.8, 4) is 6.07 Å². The van der Waals surface area contributed by atoms with Crippen LogP contribution in [-0.4, -0.2) is 18.0 Å². The highest BCUT2D eigenvalue weighted by molar-refractivity contribution is 7.92. The van der Waals surface area contributed by atoms with E-state index in [1.54, 1.807) is 7.05 Å². The average Bonchev–Trinajstić information content (AvgIpc) is 2.71. The van der Waals surface area contributed by atoms with Crippen LogP contribution in [0.3, 0.4) is 0 Å². The van der Waals surface area contributed by atoms with E-state index in [0.717, 1.165) is 0 Å². The number of imidazole rings is 1. The summed E-state index contributed by atoms with van der Waals surface area (Å²) in [5, 5.41) is 8.45. The summed E-state index contributed by atoms with van der Waals surface area (Å²) in [4.78, 5) is 3.75. The molecule has 0 aliphatic rings. The zero-order valence-corrected chi connectivity index (χ0v) is 11.4. The van der Waals surface area contributed by atoms with Crippen LogP contribution in [0.5, 0.6) is 0 Å². The van der Waals surface area contributed by atoms with Gasteiger partial charge in [-0.15, -0.1) is 0 Å². The van der Waals surface area contributed by atoms with E-state index in [2.05, 4.69) is 9.71 Å². The van der Waals surface area contributed by atoms with E-state index in [4.69, 9.17) is 16.9 Å². The molecule has 0 saturated heterocycles. The third-order valence-electron chi connectivity index (χ3n) is 2.36. The van der Waals surface area contributed by atoms with Crippen LogP contribution in [0.4, 0.5) is 5.69 Å². The van der Waals surface area contributed by atoms with Crippen molar-refractivity contribution in [1.29, 1.82) is 5.26 Å². The zero-order valence-electron chi connectivity index (χ0n) is 9.83. The monoisotopic (exact) mass is 296 g/mol. The summed E-state index contributed by atoms with van der Waals surface area (Å²) in [7, 11) is -2.25. The molecule has 2 aromatic rings. The van der Waals surface area contributed by atoms with Crippen molar-refractivity contribution < 1.29 is 8.42 Å². The first-order valence-electron chi connectivity index (χ1n) is 5.14. The first-order chi connectivity index (χ1) is 8.94. The quantitative estimate of drug-likeness (QED) is 0.934. The number of anilines is 1. The number of nitrogens with zero attached hydrogens (tertiary/aromatic N) is 3. The van der Waals surface area contributed by atoms with Crippen molar-refractivity contribution >= 4 is 27.3 Å². The molecule has 19 heavy (non-hydrogen) atoms. The van der Waals surface area contributed by atoms with E-state index in [9.17, 15) is 8.42 Å². The van der Waals surface area contributed by atoms with E-state index >= 15 is 0 Å². The van der Waals surface area contributed by atoms with Crippen molar-refractivity contribution in [3.63, 3.8) is 0 Å². The third-order valence-corrected chi connectivity index (χ3v) is 4.23. The molecular weight excluding hydrogens is 288 g/mol. The summed E-state index contributed by atoms with van der Waals surface area (Å²) in [5.74, 6) is 0. The maximum absolute atomic E-state index is 12.1. The Bertz CT molecular complexity index is 744. The molecule has 8 heteroatoms. The minimum Gasteiger partial charge on any atom is -0.324 e. The molecule has 0 bridgehead atoms. The van der Waals surface area contributed by atoms with Crippen LogP contribution >= 0.6 is 11.6 Å². The first-order valence-corrected chi connectivity index (χ1v) is 7.00. The van der Waals surface area contributed by atoms with Gasteiger partial charge in [-0.25, -0.2) is 4.98 Å². The average molecular weight is 297 g/mol. The molecule has 0 radical (unpaired) electrons. The van der Waals surface area contributed by atoms with E-state index in [1.807, 2.05) is 6.07 Å². The van der Waals surface area contributed by atoms with Gasteiger partial charge in [-0.3, -0.25) is 4.72 Å². The smallest absolute Gasteiger partial charge is 0.282 e. The second-order valence-corrected chi connectivity index (χ2v) is 5.70. The summed E-state index contributed by atoms with van der Waals surface area (Å²) in [6, 6.07) is 7.96. The Labute approximate surface area is 115 Å². The van der Waals surface area contributed by atoms with Crippen LogP contribution in [0, 0.1) is 11.3 Å². The van der Waals surface area contributed by atoms with Crippen molar-refractivity contribution in [2.24, 2.45) is 7.05 Å². The van der Waals surface area contributed by atoms with Gasteiger partial charge in [0.1, 0.15) is 5.15 Å². The van der Waals surface area contributed by atoms with Gasteiger partial charge in [0.2, 0.25) is 5.03 Å². The van der Waals surface area contributed by atoms with Gasteiger partial charge in [0, 0.05) is 12.7 Å². The zero-order chi connectivity index (χ0) is 14.0. The number of benzene rings is 1. The number of halogens is 1. The van der Waals surface area contributed by atoms with Crippen molar-refractivity contribution in [2.45, 2.75) is 5.03 Å². The van der Waals surface area contributed by atoms with Crippen LogP contribution < -0.4 is 4.72 Å². The molecular formula is C11H9ClN4O2S. The second kappa shape index (κ2) is 4.91. The van der Waals surface area contributed by atoms with Crippen LogP contribution in [0.25, 0.3) is 0 Å². The van der Waals surface area contributed by atoms with Gasteiger partial charge < -0.3 is 4.57 Å². The van der Waals surface area contributed by atoms with Gasteiger partial charge in [-0.2, -0.15) is 13.7 Å². The van der Waals surface area contributed by atoms with Crippen LogP contribution in [0.1, 0.15) is 5.56 Å². The summed E-state index contributed by atoms with van der Waals surface area (Å²) in [6.45, 7) is 0. The Morgan fingerprint density at radius 2 is 2.00 bits per heavy atom. The molecule has 1 heterocycles. The molecule has 0 saturated carbocycles. The highest BCUT2D eigenvalue weighted by Gasteiger charge is 2.22. The number of rotatable bonds is 3. The highest BCUT2D eigenvalue weighted by atomic mass is 35.5. The lowest BCUT2D eigenvalue weighted by molar-refractivity contribution is 0.598. The Balaban J connectivity index is 2.31. The molecule has 1 aromatic heterocycles. The summed E-state index contributed by atoms with van der Waals surface area (Å²) in [5.41, 5.74) is 0.777. The molecule has 1 N–H and O–H groups in total. The maximum atomic E-state index is 12.1. The Kier molecular flexibility index (Phi) is 3.46. The number of nitrogens with one attached hydrogen (secondary N) is 1. The van der Waals surface area contributed by atoms with Gasteiger partial charge in [-0.05, 0) is 24.3 Å². The number of sulfonamides is 1. The SMILES string of the molecule is Cn1cnc(S(=O)(=O)Nc2ccc(C#N)cc2)c1Cl. The molecule has 0 aliphatic carbocycles. The van der Waals surface area contributed by atoms with Crippen molar-refractivity contribution in [2.75, 3.05) is 4.72 Å². The van der Waals surface area contributed by atoms with E-state index in [1.165, 1.54) is 35.2 Å². The predicted octanol–water partition coefficient (Wildman–Crippen LogP) is 1.75. The molecule has 0 spiro atoms. The van der Waals surface area contributed by atoms with Crippen molar-refractivity contribution in [3.05, 3.63) is 41.3 Å². The predicted molar refractivity (Wildman–Crippen MR) is 70.2 cm³/mol. The van der Waals surface area contributed by atoms with Gasteiger partial charge in [0.05, 0.1) is 18.0 Å². The fourth-order valence-corrected chi connectivity index (χ4v) is 2.88. The molecule has 6 nitrogen and oxygen atoms in total. The minimum absolute atomic E-state index is 0.0288. The fraction of sp³-hybridized carbons (Fsp3) is 0.0909. The lowest BCUT2D eigenvalue weighted by Gasteiger charge is -2.06. The Hall–Kier alpha value is -2.04. The molecule has 1 aromatic carbocycles.